The number of phenolic OH excluding ortho intramolecular Hbond substituents is 1. The van der Waals surface area contributed by atoms with Crippen molar-refractivity contribution in [3.05, 3.63) is 47.7 Å². The highest BCUT2D eigenvalue weighted by Crippen LogP contribution is 2.27. The van der Waals surface area contributed by atoms with Gasteiger partial charge < -0.3 is 19.5 Å². The first-order valence-electron chi connectivity index (χ1n) is 8.85. The minimum Gasteiger partial charge on any atom is -0.507 e. The molecule has 1 amide bonds. The van der Waals surface area contributed by atoms with Crippen molar-refractivity contribution in [2.75, 3.05) is 20.3 Å². The number of aromatic hydroxyl groups is 1. The maximum atomic E-state index is 13.0. The number of amides is 1. The number of rotatable bonds is 6. The SMILES string of the molecule is COc1cc(C(=O)N2CCCC[C@H]2COc2cccc(O)c2C=O)ccn1.S. The molecule has 1 saturated heterocycles. The van der Waals surface area contributed by atoms with Gasteiger partial charge >= 0.3 is 0 Å². The van der Waals surface area contributed by atoms with Crippen LogP contribution in [0.5, 0.6) is 17.4 Å². The number of methoxy groups -OCH3 is 1. The van der Waals surface area contributed by atoms with Gasteiger partial charge in [0.05, 0.1) is 18.7 Å². The molecule has 0 unspecified atom stereocenters. The molecule has 2 heterocycles. The van der Waals surface area contributed by atoms with Crippen LogP contribution in [0.25, 0.3) is 0 Å². The predicted octanol–water partition coefficient (Wildman–Crippen LogP) is 2.79. The molecule has 0 saturated carbocycles. The van der Waals surface area contributed by atoms with E-state index in [2.05, 4.69) is 4.98 Å². The molecule has 1 fully saturated rings. The second-order valence-corrected chi connectivity index (χ2v) is 6.35. The second kappa shape index (κ2) is 9.98. The number of hydrogen-bond donors (Lipinski definition) is 1. The molecule has 1 atom stereocenters. The fourth-order valence-corrected chi connectivity index (χ4v) is 3.22. The first-order valence-corrected chi connectivity index (χ1v) is 8.85. The number of likely N-dealkylation sites (tertiary alicyclic amines) is 1. The summed E-state index contributed by atoms with van der Waals surface area (Å²) in [5.74, 6) is 0.480. The highest BCUT2D eigenvalue weighted by atomic mass is 32.1. The van der Waals surface area contributed by atoms with Crippen molar-refractivity contribution in [3.8, 4) is 17.4 Å². The minimum atomic E-state index is -0.122. The lowest BCUT2D eigenvalue weighted by atomic mass is 10.0. The maximum Gasteiger partial charge on any atom is 0.254 e. The highest BCUT2D eigenvalue weighted by Gasteiger charge is 2.28. The Hall–Kier alpha value is -2.74. The van der Waals surface area contributed by atoms with Gasteiger partial charge in [0, 0.05) is 24.4 Å². The Morgan fingerprint density at radius 3 is 2.93 bits per heavy atom. The average molecular weight is 404 g/mol. The summed E-state index contributed by atoms with van der Waals surface area (Å²) in [7, 11) is 1.51. The Morgan fingerprint density at radius 2 is 2.18 bits per heavy atom. The van der Waals surface area contributed by atoms with E-state index in [1.165, 1.54) is 13.2 Å². The van der Waals surface area contributed by atoms with Crippen molar-refractivity contribution in [1.29, 1.82) is 0 Å². The lowest BCUT2D eigenvalue weighted by molar-refractivity contribution is 0.0526. The third-order valence-electron chi connectivity index (χ3n) is 4.67. The number of carbonyl (C=O) groups is 2. The molecule has 2 aromatic rings. The van der Waals surface area contributed by atoms with Crippen molar-refractivity contribution < 1.29 is 24.2 Å². The monoisotopic (exact) mass is 404 g/mol. The van der Waals surface area contributed by atoms with Gasteiger partial charge in [-0.05, 0) is 37.5 Å². The van der Waals surface area contributed by atoms with E-state index < -0.39 is 0 Å². The van der Waals surface area contributed by atoms with Gasteiger partial charge in [-0.2, -0.15) is 13.5 Å². The number of hydrogen-bond acceptors (Lipinski definition) is 6. The zero-order valence-electron chi connectivity index (χ0n) is 15.6. The molecule has 7 nitrogen and oxygen atoms in total. The Kier molecular flexibility index (Phi) is 7.69. The number of phenols is 1. The van der Waals surface area contributed by atoms with E-state index in [0.29, 0.717) is 30.0 Å². The maximum absolute atomic E-state index is 13.0. The van der Waals surface area contributed by atoms with Crippen molar-refractivity contribution >= 4 is 25.7 Å². The Morgan fingerprint density at radius 1 is 1.36 bits per heavy atom. The van der Waals surface area contributed by atoms with Crippen LogP contribution in [-0.2, 0) is 0 Å². The molecule has 1 aliphatic heterocycles. The minimum absolute atomic E-state index is 0. The van der Waals surface area contributed by atoms with E-state index in [9.17, 15) is 14.7 Å². The number of carbonyl (C=O) groups excluding carboxylic acids is 2. The molecule has 1 aliphatic rings. The normalized spacial score (nSPS) is 16.0. The van der Waals surface area contributed by atoms with Crippen LogP contribution in [0.4, 0.5) is 0 Å². The first kappa shape index (κ1) is 21.6. The largest absolute Gasteiger partial charge is 0.507 e. The van der Waals surface area contributed by atoms with Gasteiger partial charge in [-0.3, -0.25) is 9.59 Å². The Labute approximate surface area is 170 Å². The number of aromatic nitrogens is 1. The number of benzene rings is 1. The van der Waals surface area contributed by atoms with E-state index in [-0.39, 0.29) is 43.4 Å². The van der Waals surface area contributed by atoms with E-state index >= 15 is 0 Å². The summed E-state index contributed by atoms with van der Waals surface area (Å²) in [5, 5.41) is 9.77. The summed E-state index contributed by atoms with van der Waals surface area (Å²) in [5.41, 5.74) is 0.629. The van der Waals surface area contributed by atoms with E-state index in [1.54, 1.807) is 35.4 Å². The molecule has 1 aromatic carbocycles. The standard InChI is InChI=1S/C20H22N2O5.H2S/c1-26-19-11-14(8-9-21-19)20(25)22-10-3-2-5-15(22)13-27-18-7-4-6-17(24)16(18)12-23;/h4,6-9,11-12,15,24H,2-3,5,10,13H2,1H3;1H2/t15-;/m0./s1. The molecule has 3 rings (SSSR count). The van der Waals surface area contributed by atoms with Crippen LogP contribution in [-0.4, -0.2) is 53.5 Å². The van der Waals surface area contributed by atoms with Crippen LogP contribution in [0.15, 0.2) is 36.5 Å². The molecule has 1 aromatic heterocycles. The van der Waals surface area contributed by atoms with Crippen LogP contribution in [0, 0.1) is 0 Å². The molecule has 0 radical (unpaired) electrons. The molecule has 1 N–H and O–H groups in total. The quantitative estimate of drug-likeness (QED) is 0.745. The number of aldehydes is 1. The zero-order valence-corrected chi connectivity index (χ0v) is 16.6. The van der Waals surface area contributed by atoms with Crippen molar-refractivity contribution in [2.24, 2.45) is 0 Å². The summed E-state index contributed by atoms with van der Waals surface area (Å²) in [6.07, 6.45) is 4.85. The van der Waals surface area contributed by atoms with E-state index in [1.807, 2.05) is 0 Å². The predicted molar refractivity (Wildman–Crippen MR) is 109 cm³/mol. The topological polar surface area (TPSA) is 89.0 Å². The summed E-state index contributed by atoms with van der Waals surface area (Å²) >= 11 is 0. The highest BCUT2D eigenvalue weighted by molar-refractivity contribution is 7.59. The molecule has 8 heteroatoms. The Bertz CT molecular complexity index is 830. The zero-order chi connectivity index (χ0) is 19.2. The van der Waals surface area contributed by atoms with Crippen LogP contribution < -0.4 is 9.47 Å². The summed E-state index contributed by atoms with van der Waals surface area (Å²) in [4.78, 5) is 30.0. The fraction of sp³-hybridized carbons (Fsp3) is 0.350. The van der Waals surface area contributed by atoms with E-state index in [0.717, 1.165) is 19.3 Å². The Balaban J connectivity index is 0.00000280. The molecule has 150 valence electrons. The second-order valence-electron chi connectivity index (χ2n) is 6.35. The first-order chi connectivity index (χ1) is 13.1. The van der Waals surface area contributed by atoms with Gasteiger partial charge in [0.2, 0.25) is 5.88 Å². The van der Waals surface area contributed by atoms with Crippen LogP contribution in [0.2, 0.25) is 0 Å². The lowest BCUT2D eigenvalue weighted by Crippen LogP contribution is -2.46. The molecular weight excluding hydrogens is 380 g/mol. The molecule has 0 aliphatic carbocycles. The van der Waals surface area contributed by atoms with Gasteiger partial charge in [-0.1, -0.05) is 6.07 Å². The van der Waals surface area contributed by atoms with E-state index in [4.69, 9.17) is 9.47 Å². The van der Waals surface area contributed by atoms with Gasteiger partial charge in [0.1, 0.15) is 18.1 Å². The summed E-state index contributed by atoms with van der Waals surface area (Å²) in [6, 6.07) is 7.85. The molecule has 0 bridgehead atoms. The number of nitrogens with zero attached hydrogens (tertiary/aromatic N) is 2. The number of ether oxygens (including phenoxy) is 2. The summed E-state index contributed by atoms with van der Waals surface area (Å²) < 4.78 is 10.9. The average Bonchev–Trinajstić information content (AvgIpc) is 2.72. The molecule has 0 spiro atoms. The number of piperidine rings is 1. The smallest absolute Gasteiger partial charge is 0.254 e. The summed E-state index contributed by atoms with van der Waals surface area (Å²) in [6.45, 7) is 0.885. The third kappa shape index (κ3) is 4.75. The molecular formula is C20H24N2O5S. The van der Waals surface area contributed by atoms with Crippen molar-refractivity contribution in [2.45, 2.75) is 25.3 Å². The van der Waals surface area contributed by atoms with Gasteiger partial charge in [0.15, 0.2) is 6.29 Å². The molecule has 28 heavy (non-hydrogen) atoms. The van der Waals surface area contributed by atoms with Crippen molar-refractivity contribution in [1.82, 2.24) is 9.88 Å². The fourth-order valence-electron chi connectivity index (χ4n) is 3.22. The van der Waals surface area contributed by atoms with Gasteiger partial charge in [-0.15, -0.1) is 0 Å². The van der Waals surface area contributed by atoms with Crippen LogP contribution in [0.1, 0.15) is 40.0 Å². The van der Waals surface area contributed by atoms with Gasteiger partial charge in [-0.25, -0.2) is 4.98 Å². The van der Waals surface area contributed by atoms with Crippen molar-refractivity contribution in [3.63, 3.8) is 0 Å². The lowest BCUT2D eigenvalue weighted by Gasteiger charge is -2.35. The van der Waals surface area contributed by atoms with Crippen LogP contribution >= 0.6 is 13.5 Å². The third-order valence-corrected chi connectivity index (χ3v) is 4.67. The van der Waals surface area contributed by atoms with Crippen LogP contribution in [0.3, 0.4) is 0 Å². The number of pyridine rings is 1. The van der Waals surface area contributed by atoms with Gasteiger partial charge in [0.25, 0.3) is 5.91 Å².